The first-order chi connectivity index (χ1) is 15.2. The largest absolute Gasteiger partial charge is 0.354 e. The van der Waals surface area contributed by atoms with E-state index in [1.165, 1.54) is 0 Å². The molecular weight excluding hydrogens is 384 g/mol. The van der Waals surface area contributed by atoms with Gasteiger partial charge in [0.2, 0.25) is 5.91 Å². The van der Waals surface area contributed by atoms with E-state index in [0.29, 0.717) is 11.1 Å². The summed E-state index contributed by atoms with van der Waals surface area (Å²) in [6.07, 6.45) is 0. The predicted molar refractivity (Wildman–Crippen MR) is 121 cm³/mol. The molecule has 1 amide bonds. The van der Waals surface area contributed by atoms with Crippen molar-refractivity contribution in [3.8, 4) is 0 Å². The van der Waals surface area contributed by atoms with Crippen LogP contribution < -0.4 is 10.6 Å². The van der Waals surface area contributed by atoms with Crippen LogP contribution in [-0.2, 0) is 10.2 Å². The van der Waals surface area contributed by atoms with E-state index in [-0.39, 0.29) is 11.7 Å². The number of Topliss-reactive ketones (excluding diaryl/α,β-unsaturated/α-hetero) is 1. The smallest absolute Gasteiger partial charge is 0.244 e. The van der Waals surface area contributed by atoms with Crippen molar-refractivity contribution < 1.29 is 9.59 Å². The number of anilines is 2. The molecule has 1 spiro atoms. The van der Waals surface area contributed by atoms with E-state index in [4.69, 9.17) is 0 Å². The van der Waals surface area contributed by atoms with Crippen molar-refractivity contribution >= 4 is 39.5 Å². The number of fused-ring (bicyclic) bond motifs is 9. The lowest BCUT2D eigenvalue weighted by molar-refractivity contribution is -0.118. The number of amides is 1. The summed E-state index contributed by atoms with van der Waals surface area (Å²) < 4.78 is 0. The summed E-state index contributed by atoms with van der Waals surface area (Å²) in [4.78, 5) is 27.6. The number of benzene rings is 4. The second-order valence-electron chi connectivity index (χ2n) is 8.21. The standard InChI is InChI=1S/C27H16N2O2/c30-25-18-10-4-3-9-17(18)24-22(25)27(19-11-5-6-12-21(19)28-26(27)31)20-14-13-15-7-1-2-8-16(15)23(20)29-24/h1-14,29H,(H,28,31). The Balaban J connectivity index is 1.68. The molecule has 1 unspecified atom stereocenters. The normalized spacial score (nSPS) is 20.3. The van der Waals surface area contributed by atoms with Gasteiger partial charge in [0.15, 0.2) is 5.78 Å². The summed E-state index contributed by atoms with van der Waals surface area (Å²) in [5.74, 6) is -0.274. The quantitative estimate of drug-likeness (QED) is 0.431. The van der Waals surface area contributed by atoms with Crippen LogP contribution in [0.5, 0.6) is 0 Å². The average Bonchev–Trinajstić information content (AvgIpc) is 3.26. The van der Waals surface area contributed by atoms with Gasteiger partial charge in [-0.3, -0.25) is 9.59 Å². The summed E-state index contributed by atoms with van der Waals surface area (Å²) in [6.45, 7) is 0. The Labute approximate surface area is 178 Å². The van der Waals surface area contributed by atoms with Crippen molar-refractivity contribution in [2.24, 2.45) is 0 Å². The minimum Gasteiger partial charge on any atom is -0.354 e. The Bertz CT molecular complexity index is 1530. The maximum absolute atomic E-state index is 13.8. The number of carbonyl (C=O) groups is 2. The Morgan fingerprint density at radius 1 is 0.645 bits per heavy atom. The molecule has 3 aliphatic rings. The molecule has 4 heteroatoms. The fraction of sp³-hybridized carbons (Fsp3) is 0.0370. The number of para-hydroxylation sites is 1. The van der Waals surface area contributed by atoms with Gasteiger partial charge in [-0.05, 0) is 11.5 Å². The highest BCUT2D eigenvalue weighted by Crippen LogP contribution is 2.58. The summed E-state index contributed by atoms with van der Waals surface area (Å²) in [6, 6.07) is 27.4. The van der Waals surface area contributed by atoms with Gasteiger partial charge in [-0.25, -0.2) is 0 Å². The Hall–Kier alpha value is -4.18. The van der Waals surface area contributed by atoms with Crippen LogP contribution in [0.3, 0.4) is 0 Å². The number of carbonyl (C=O) groups excluding carboxylic acids is 2. The van der Waals surface area contributed by atoms with Gasteiger partial charge in [0.1, 0.15) is 5.41 Å². The van der Waals surface area contributed by atoms with Crippen molar-refractivity contribution in [2.75, 3.05) is 10.6 Å². The van der Waals surface area contributed by atoms with Crippen LogP contribution >= 0.6 is 0 Å². The lowest BCUT2D eigenvalue weighted by Gasteiger charge is -2.36. The minimum absolute atomic E-state index is 0.0937. The van der Waals surface area contributed by atoms with E-state index in [9.17, 15) is 9.59 Å². The molecule has 0 aromatic heterocycles. The molecule has 1 atom stereocenters. The van der Waals surface area contributed by atoms with Crippen molar-refractivity contribution in [2.45, 2.75) is 5.41 Å². The molecule has 7 rings (SSSR count). The summed E-state index contributed by atoms with van der Waals surface area (Å²) in [7, 11) is 0. The molecule has 2 heterocycles. The molecule has 4 nitrogen and oxygen atoms in total. The number of nitrogens with one attached hydrogen (secondary N) is 2. The molecule has 0 bridgehead atoms. The van der Waals surface area contributed by atoms with E-state index >= 15 is 0 Å². The van der Waals surface area contributed by atoms with Crippen molar-refractivity contribution in [1.29, 1.82) is 0 Å². The maximum atomic E-state index is 13.8. The predicted octanol–water partition coefficient (Wildman–Crippen LogP) is 5.11. The molecule has 0 saturated heterocycles. The van der Waals surface area contributed by atoms with Gasteiger partial charge >= 0.3 is 0 Å². The van der Waals surface area contributed by atoms with Gasteiger partial charge in [0.25, 0.3) is 0 Å². The van der Waals surface area contributed by atoms with E-state index < -0.39 is 5.41 Å². The van der Waals surface area contributed by atoms with E-state index in [1.54, 1.807) is 0 Å². The second-order valence-corrected chi connectivity index (χ2v) is 8.21. The van der Waals surface area contributed by atoms with Gasteiger partial charge in [0, 0.05) is 38.9 Å². The molecule has 4 aromatic carbocycles. The molecule has 2 aliphatic heterocycles. The Morgan fingerprint density at radius 2 is 1.39 bits per heavy atom. The molecular formula is C27H16N2O2. The fourth-order valence-electron chi connectivity index (χ4n) is 5.52. The molecule has 4 aromatic rings. The summed E-state index contributed by atoms with van der Waals surface area (Å²) >= 11 is 0. The lowest BCUT2D eigenvalue weighted by atomic mass is 9.66. The summed E-state index contributed by atoms with van der Waals surface area (Å²) in [5, 5.41) is 8.73. The van der Waals surface area contributed by atoms with Crippen LogP contribution in [0.2, 0.25) is 0 Å². The Kier molecular flexibility index (Phi) is 2.94. The minimum atomic E-state index is -1.19. The fourth-order valence-corrected chi connectivity index (χ4v) is 5.52. The molecule has 0 radical (unpaired) electrons. The maximum Gasteiger partial charge on any atom is 0.244 e. The number of hydrogen-bond acceptors (Lipinski definition) is 3. The first-order valence-electron chi connectivity index (χ1n) is 10.3. The van der Waals surface area contributed by atoms with Crippen LogP contribution in [0.25, 0.3) is 16.5 Å². The van der Waals surface area contributed by atoms with Gasteiger partial charge < -0.3 is 10.6 Å². The topological polar surface area (TPSA) is 58.2 Å². The Morgan fingerprint density at radius 3 is 2.29 bits per heavy atom. The highest BCUT2D eigenvalue weighted by Gasteiger charge is 2.59. The van der Waals surface area contributed by atoms with Crippen molar-refractivity contribution in [3.63, 3.8) is 0 Å². The third-order valence-electron chi connectivity index (χ3n) is 6.80. The van der Waals surface area contributed by atoms with Crippen LogP contribution in [0.1, 0.15) is 27.0 Å². The highest BCUT2D eigenvalue weighted by atomic mass is 16.2. The van der Waals surface area contributed by atoms with Crippen LogP contribution in [0.15, 0.2) is 90.5 Å². The third-order valence-corrected chi connectivity index (χ3v) is 6.80. The number of ketones is 1. The van der Waals surface area contributed by atoms with E-state index in [0.717, 1.165) is 44.5 Å². The molecule has 2 N–H and O–H groups in total. The van der Waals surface area contributed by atoms with Gasteiger partial charge in [-0.15, -0.1) is 0 Å². The van der Waals surface area contributed by atoms with Crippen LogP contribution in [0, 0.1) is 0 Å². The number of hydrogen-bond donors (Lipinski definition) is 2. The van der Waals surface area contributed by atoms with E-state index in [1.807, 2.05) is 72.8 Å². The number of rotatable bonds is 0. The average molecular weight is 400 g/mol. The first-order valence-corrected chi connectivity index (χ1v) is 10.3. The third kappa shape index (κ3) is 1.82. The SMILES string of the molecule is O=C1C2=C(Nc3c(ccc4ccccc34)C23C(=O)Nc2ccccc23)c2ccccc21. The van der Waals surface area contributed by atoms with Gasteiger partial charge in [-0.1, -0.05) is 78.9 Å². The van der Waals surface area contributed by atoms with Crippen LogP contribution in [-0.4, -0.2) is 11.7 Å². The lowest BCUT2D eigenvalue weighted by Crippen LogP contribution is -2.43. The molecule has 146 valence electrons. The summed E-state index contributed by atoms with van der Waals surface area (Å²) in [5.41, 5.74) is 4.81. The van der Waals surface area contributed by atoms with Crippen molar-refractivity contribution in [3.05, 3.63) is 113 Å². The van der Waals surface area contributed by atoms with Crippen LogP contribution in [0.4, 0.5) is 11.4 Å². The van der Waals surface area contributed by atoms with Gasteiger partial charge in [-0.2, -0.15) is 0 Å². The molecule has 0 fully saturated rings. The molecule has 1 aliphatic carbocycles. The molecule has 0 saturated carbocycles. The zero-order valence-corrected chi connectivity index (χ0v) is 16.4. The second kappa shape index (κ2) is 5.49. The zero-order valence-electron chi connectivity index (χ0n) is 16.4. The molecule has 31 heavy (non-hydrogen) atoms. The highest BCUT2D eigenvalue weighted by molar-refractivity contribution is 6.31. The van der Waals surface area contributed by atoms with Gasteiger partial charge in [0.05, 0.1) is 11.4 Å². The van der Waals surface area contributed by atoms with Crippen molar-refractivity contribution in [1.82, 2.24) is 0 Å². The van der Waals surface area contributed by atoms with E-state index in [2.05, 4.69) is 22.8 Å². The zero-order chi connectivity index (χ0) is 20.7. The first kappa shape index (κ1) is 16.6. The monoisotopic (exact) mass is 400 g/mol.